The Morgan fingerprint density at radius 1 is 1.37 bits per heavy atom. The molecule has 0 aliphatic carbocycles. The van der Waals surface area contributed by atoms with Crippen LogP contribution in [0.15, 0.2) is 12.1 Å². The van der Waals surface area contributed by atoms with Crippen molar-refractivity contribution >= 4 is 11.7 Å². The monoisotopic (exact) mass is 275 g/mol. The fourth-order valence-electron chi connectivity index (χ4n) is 1.50. The predicted molar refractivity (Wildman–Crippen MR) is 63.0 cm³/mol. The molecule has 2 unspecified atom stereocenters. The van der Waals surface area contributed by atoms with E-state index in [-0.39, 0.29) is 12.2 Å². The van der Waals surface area contributed by atoms with E-state index in [9.17, 15) is 23.8 Å². The molecule has 0 bridgehead atoms. The van der Waals surface area contributed by atoms with Gasteiger partial charge in [0.25, 0.3) is 0 Å². The number of anilines is 1. The molecule has 0 saturated heterocycles. The fraction of sp³-hybridized carbons (Fsp3) is 0.417. The molecule has 0 saturated carbocycles. The van der Waals surface area contributed by atoms with Gasteiger partial charge >= 0.3 is 5.97 Å². The van der Waals surface area contributed by atoms with Gasteiger partial charge in [0.1, 0.15) is 23.4 Å². The molecule has 0 heterocycles. The molecule has 106 valence electrons. The van der Waals surface area contributed by atoms with Crippen molar-refractivity contribution in [1.29, 1.82) is 0 Å². The molecule has 5 nitrogen and oxygen atoms in total. The summed E-state index contributed by atoms with van der Waals surface area (Å²) in [5.41, 5.74) is 4.20. The van der Waals surface area contributed by atoms with Crippen molar-refractivity contribution in [3.63, 3.8) is 0 Å². The standard InChI is InChI=1S/C12H15F2NO4/c1-2-19-10(17)5-9(16)12(18)6-3-7(13)11(15)8(14)4-6/h3-4,9,12,16,18H,2,5,15H2,1H3. The molecular formula is C12H15F2NO4. The Balaban J connectivity index is 2.82. The molecule has 2 atom stereocenters. The lowest BCUT2D eigenvalue weighted by Gasteiger charge is -2.18. The summed E-state index contributed by atoms with van der Waals surface area (Å²) >= 11 is 0. The first kappa shape index (κ1) is 15.3. The van der Waals surface area contributed by atoms with Crippen molar-refractivity contribution in [2.24, 2.45) is 0 Å². The topological polar surface area (TPSA) is 92.8 Å². The van der Waals surface area contributed by atoms with Crippen LogP contribution in [0.5, 0.6) is 0 Å². The summed E-state index contributed by atoms with van der Waals surface area (Å²) in [5, 5.41) is 19.3. The van der Waals surface area contributed by atoms with E-state index in [4.69, 9.17) is 5.73 Å². The van der Waals surface area contributed by atoms with E-state index in [1.807, 2.05) is 0 Å². The molecule has 0 fully saturated rings. The number of aliphatic hydroxyl groups excluding tert-OH is 2. The summed E-state index contributed by atoms with van der Waals surface area (Å²) in [6.45, 7) is 1.72. The Kier molecular flexibility index (Phi) is 5.20. The van der Waals surface area contributed by atoms with Crippen molar-refractivity contribution in [3.8, 4) is 0 Å². The zero-order chi connectivity index (χ0) is 14.6. The zero-order valence-electron chi connectivity index (χ0n) is 10.3. The maximum atomic E-state index is 13.2. The Morgan fingerprint density at radius 3 is 2.37 bits per heavy atom. The molecule has 19 heavy (non-hydrogen) atoms. The second-order valence-corrected chi connectivity index (χ2v) is 3.92. The average molecular weight is 275 g/mol. The number of benzene rings is 1. The highest BCUT2D eigenvalue weighted by Crippen LogP contribution is 2.25. The predicted octanol–water partition coefficient (Wildman–Crippen LogP) is 0.895. The third-order valence-electron chi connectivity index (χ3n) is 2.49. The number of hydrogen-bond acceptors (Lipinski definition) is 5. The lowest BCUT2D eigenvalue weighted by Crippen LogP contribution is -2.23. The van der Waals surface area contributed by atoms with E-state index >= 15 is 0 Å². The largest absolute Gasteiger partial charge is 0.466 e. The Morgan fingerprint density at radius 2 is 1.89 bits per heavy atom. The van der Waals surface area contributed by atoms with Crippen LogP contribution < -0.4 is 5.73 Å². The number of halogens is 2. The first-order valence-corrected chi connectivity index (χ1v) is 5.63. The number of aliphatic hydroxyl groups is 2. The molecule has 7 heteroatoms. The van der Waals surface area contributed by atoms with Crippen LogP contribution in [0.4, 0.5) is 14.5 Å². The first-order chi connectivity index (χ1) is 8.86. The minimum absolute atomic E-state index is 0.132. The van der Waals surface area contributed by atoms with Crippen molar-refractivity contribution in [1.82, 2.24) is 0 Å². The molecule has 1 rings (SSSR count). The Labute approximate surface area is 108 Å². The molecule has 0 aliphatic heterocycles. The van der Waals surface area contributed by atoms with Gasteiger partial charge < -0.3 is 20.7 Å². The number of rotatable bonds is 5. The van der Waals surface area contributed by atoms with Crippen LogP contribution in [-0.4, -0.2) is 28.9 Å². The van der Waals surface area contributed by atoms with Gasteiger partial charge in [0, 0.05) is 0 Å². The van der Waals surface area contributed by atoms with Crippen LogP contribution in [0, 0.1) is 11.6 Å². The zero-order valence-corrected chi connectivity index (χ0v) is 10.3. The van der Waals surface area contributed by atoms with Gasteiger partial charge in [0.2, 0.25) is 0 Å². The number of ether oxygens (including phenoxy) is 1. The van der Waals surface area contributed by atoms with E-state index in [1.165, 1.54) is 0 Å². The summed E-state index contributed by atoms with van der Waals surface area (Å²) in [6.07, 6.45) is -3.63. The average Bonchev–Trinajstić information content (AvgIpc) is 2.34. The van der Waals surface area contributed by atoms with Crippen LogP contribution >= 0.6 is 0 Å². The third-order valence-corrected chi connectivity index (χ3v) is 2.49. The van der Waals surface area contributed by atoms with Crippen molar-refractivity contribution in [2.45, 2.75) is 25.6 Å². The van der Waals surface area contributed by atoms with E-state index in [2.05, 4.69) is 4.74 Å². The third kappa shape index (κ3) is 3.87. The summed E-state index contributed by atoms with van der Waals surface area (Å²) in [4.78, 5) is 11.1. The normalized spacial score (nSPS) is 13.9. The van der Waals surface area contributed by atoms with E-state index < -0.39 is 41.9 Å². The minimum Gasteiger partial charge on any atom is -0.466 e. The van der Waals surface area contributed by atoms with Gasteiger partial charge in [-0.1, -0.05) is 0 Å². The van der Waals surface area contributed by atoms with E-state index in [0.717, 1.165) is 12.1 Å². The first-order valence-electron chi connectivity index (χ1n) is 5.63. The highest BCUT2D eigenvalue weighted by molar-refractivity contribution is 5.70. The van der Waals surface area contributed by atoms with Crippen LogP contribution in [0.1, 0.15) is 25.0 Å². The number of nitrogen functional groups attached to an aromatic ring is 1. The Bertz CT molecular complexity index is 444. The van der Waals surface area contributed by atoms with E-state index in [1.54, 1.807) is 6.92 Å². The number of hydrogen-bond donors (Lipinski definition) is 3. The van der Waals surface area contributed by atoms with Gasteiger partial charge in [0.05, 0.1) is 19.1 Å². The number of nitrogens with two attached hydrogens (primary N) is 1. The lowest BCUT2D eigenvalue weighted by molar-refractivity contribution is -0.147. The van der Waals surface area contributed by atoms with Crippen LogP contribution in [-0.2, 0) is 9.53 Å². The second-order valence-electron chi connectivity index (χ2n) is 3.92. The smallest absolute Gasteiger partial charge is 0.308 e. The molecular weight excluding hydrogens is 260 g/mol. The number of carbonyl (C=O) groups is 1. The SMILES string of the molecule is CCOC(=O)CC(O)C(O)c1cc(F)c(N)c(F)c1. The number of carbonyl (C=O) groups excluding carboxylic acids is 1. The quantitative estimate of drug-likeness (QED) is 0.548. The van der Waals surface area contributed by atoms with E-state index in [0.29, 0.717) is 0 Å². The van der Waals surface area contributed by atoms with Crippen LogP contribution in [0.3, 0.4) is 0 Å². The van der Waals surface area contributed by atoms with Gasteiger partial charge in [-0.05, 0) is 24.6 Å². The highest BCUT2D eigenvalue weighted by atomic mass is 19.1. The van der Waals surface area contributed by atoms with Crippen molar-refractivity contribution < 1.29 is 28.5 Å². The maximum Gasteiger partial charge on any atom is 0.308 e. The fourth-order valence-corrected chi connectivity index (χ4v) is 1.50. The molecule has 0 radical (unpaired) electrons. The molecule has 1 aromatic carbocycles. The summed E-state index contributed by atoms with van der Waals surface area (Å²) in [5.74, 6) is -2.81. The molecule has 0 aliphatic rings. The lowest BCUT2D eigenvalue weighted by atomic mass is 10.0. The van der Waals surface area contributed by atoms with Gasteiger partial charge in [-0.25, -0.2) is 8.78 Å². The van der Waals surface area contributed by atoms with Gasteiger partial charge in [0.15, 0.2) is 0 Å². The van der Waals surface area contributed by atoms with Gasteiger partial charge in [-0.2, -0.15) is 0 Å². The highest BCUT2D eigenvalue weighted by Gasteiger charge is 2.24. The van der Waals surface area contributed by atoms with Crippen molar-refractivity contribution in [3.05, 3.63) is 29.3 Å². The molecule has 0 aromatic heterocycles. The number of esters is 1. The summed E-state index contributed by atoms with van der Waals surface area (Å²) in [6, 6.07) is 1.61. The summed E-state index contributed by atoms with van der Waals surface area (Å²) in [7, 11) is 0. The van der Waals surface area contributed by atoms with Crippen LogP contribution in [0.25, 0.3) is 0 Å². The maximum absolute atomic E-state index is 13.2. The molecule has 0 amide bonds. The molecule has 0 spiro atoms. The Hall–Kier alpha value is -1.73. The molecule has 1 aromatic rings. The van der Waals surface area contributed by atoms with Crippen LogP contribution in [0.2, 0.25) is 0 Å². The van der Waals surface area contributed by atoms with Crippen molar-refractivity contribution in [2.75, 3.05) is 12.3 Å². The van der Waals surface area contributed by atoms with Gasteiger partial charge in [-0.15, -0.1) is 0 Å². The second kappa shape index (κ2) is 6.44. The minimum atomic E-state index is -1.62. The van der Waals surface area contributed by atoms with Gasteiger partial charge in [-0.3, -0.25) is 4.79 Å². The summed E-state index contributed by atoms with van der Waals surface area (Å²) < 4.78 is 31.0. The molecule has 4 N–H and O–H groups in total.